The molecule has 2 aromatic rings. The van der Waals surface area contributed by atoms with Gasteiger partial charge in [-0.1, -0.05) is 0 Å². The normalized spacial score (nSPS) is 15.6. The zero-order valence-corrected chi connectivity index (χ0v) is 11.3. The number of hydrogen-bond donors (Lipinski definition) is 1. The number of carbonyl (C=O) groups is 1. The van der Waals surface area contributed by atoms with E-state index in [-0.39, 0.29) is 0 Å². The van der Waals surface area contributed by atoms with Gasteiger partial charge in [0.1, 0.15) is 0 Å². The van der Waals surface area contributed by atoms with Crippen LogP contribution in [0.2, 0.25) is 0 Å². The van der Waals surface area contributed by atoms with E-state index in [0.29, 0.717) is 29.9 Å². The molecule has 1 N–H and O–H groups in total. The summed E-state index contributed by atoms with van der Waals surface area (Å²) in [7, 11) is 0. The third kappa shape index (κ3) is 2.32. The van der Waals surface area contributed by atoms with Gasteiger partial charge < -0.3 is 14.7 Å². The molecule has 5 heteroatoms. The molecule has 1 aliphatic rings. The van der Waals surface area contributed by atoms with Crippen molar-refractivity contribution in [2.75, 3.05) is 31.2 Å². The Kier molecular flexibility index (Phi) is 3.28. The first-order valence-corrected chi connectivity index (χ1v) is 6.62. The van der Waals surface area contributed by atoms with Crippen molar-refractivity contribution < 1.29 is 14.6 Å². The maximum atomic E-state index is 11.4. The summed E-state index contributed by atoms with van der Waals surface area (Å²) in [5.74, 6) is -0.917. The second-order valence-electron chi connectivity index (χ2n) is 4.92. The molecule has 0 atom stereocenters. The topological polar surface area (TPSA) is 62.7 Å². The number of hydrogen-bond acceptors (Lipinski definition) is 4. The minimum Gasteiger partial charge on any atom is -0.478 e. The highest BCUT2D eigenvalue weighted by Crippen LogP contribution is 2.25. The fourth-order valence-corrected chi connectivity index (χ4v) is 2.54. The van der Waals surface area contributed by atoms with Crippen molar-refractivity contribution in [3.63, 3.8) is 0 Å². The van der Waals surface area contributed by atoms with E-state index in [1.807, 2.05) is 25.1 Å². The number of aromatic carboxylic acids is 1. The summed E-state index contributed by atoms with van der Waals surface area (Å²) < 4.78 is 5.34. The number of benzene rings is 1. The molecule has 1 aliphatic heterocycles. The molecular formula is C15H16N2O3. The fraction of sp³-hybridized carbons (Fsp3) is 0.333. The molecule has 1 aromatic carbocycles. The summed E-state index contributed by atoms with van der Waals surface area (Å²) in [5.41, 5.74) is 2.77. The van der Waals surface area contributed by atoms with Crippen molar-refractivity contribution in [1.82, 2.24) is 4.98 Å². The SMILES string of the molecule is Cc1cc(C(=O)O)c2cc(N3CCOCC3)ccc2n1. The number of aryl methyl sites for hydroxylation is 1. The van der Waals surface area contributed by atoms with Crippen molar-refractivity contribution in [2.24, 2.45) is 0 Å². The van der Waals surface area contributed by atoms with Gasteiger partial charge in [-0.25, -0.2) is 4.79 Å². The summed E-state index contributed by atoms with van der Waals surface area (Å²) in [6.07, 6.45) is 0. The third-order valence-corrected chi connectivity index (χ3v) is 3.53. The fourth-order valence-electron chi connectivity index (χ4n) is 2.54. The van der Waals surface area contributed by atoms with Crippen LogP contribution >= 0.6 is 0 Å². The van der Waals surface area contributed by atoms with Gasteiger partial charge in [0.05, 0.1) is 24.3 Å². The van der Waals surface area contributed by atoms with Crippen molar-refractivity contribution in [3.05, 3.63) is 35.5 Å². The van der Waals surface area contributed by atoms with Crippen LogP contribution in [0.15, 0.2) is 24.3 Å². The molecule has 0 amide bonds. The van der Waals surface area contributed by atoms with Crippen molar-refractivity contribution >= 4 is 22.6 Å². The molecule has 20 heavy (non-hydrogen) atoms. The average Bonchev–Trinajstić information content (AvgIpc) is 2.46. The molecule has 2 heterocycles. The predicted molar refractivity (Wildman–Crippen MR) is 76.5 cm³/mol. The van der Waals surface area contributed by atoms with E-state index in [1.165, 1.54) is 0 Å². The maximum absolute atomic E-state index is 11.4. The molecule has 3 rings (SSSR count). The van der Waals surface area contributed by atoms with Crippen LogP contribution in [-0.4, -0.2) is 42.4 Å². The van der Waals surface area contributed by atoms with Crippen molar-refractivity contribution in [3.8, 4) is 0 Å². The van der Waals surface area contributed by atoms with Crippen LogP contribution in [-0.2, 0) is 4.74 Å². The Balaban J connectivity index is 2.11. The molecule has 1 aromatic heterocycles. The van der Waals surface area contributed by atoms with E-state index in [0.717, 1.165) is 24.3 Å². The van der Waals surface area contributed by atoms with Gasteiger partial charge in [0, 0.05) is 29.9 Å². The maximum Gasteiger partial charge on any atom is 0.336 e. The smallest absolute Gasteiger partial charge is 0.336 e. The lowest BCUT2D eigenvalue weighted by atomic mass is 10.1. The number of fused-ring (bicyclic) bond motifs is 1. The van der Waals surface area contributed by atoms with Crippen LogP contribution in [0, 0.1) is 6.92 Å². The number of morpholine rings is 1. The summed E-state index contributed by atoms with van der Waals surface area (Å²) >= 11 is 0. The standard InChI is InChI=1S/C15H16N2O3/c1-10-8-13(15(18)19)12-9-11(2-3-14(12)16-10)17-4-6-20-7-5-17/h2-3,8-9H,4-7H2,1H3,(H,18,19). The first-order valence-electron chi connectivity index (χ1n) is 6.62. The minimum absolute atomic E-state index is 0.308. The van der Waals surface area contributed by atoms with Crippen LogP contribution in [0.3, 0.4) is 0 Å². The van der Waals surface area contributed by atoms with Crippen LogP contribution in [0.5, 0.6) is 0 Å². The lowest BCUT2D eigenvalue weighted by Gasteiger charge is -2.29. The average molecular weight is 272 g/mol. The number of rotatable bonds is 2. The van der Waals surface area contributed by atoms with Crippen LogP contribution in [0.4, 0.5) is 5.69 Å². The van der Waals surface area contributed by atoms with Crippen molar-refractivity contribution in [2.45, 2.75) is 6.92 Å². The van der Waals surface area contributed by atoms with Gasteiger partial charge in [0.25, 0.3) is 0 Å². The van der Waals surface area contributed by atoms with Crippen LogP contribution < -0.4 is 4.90 Å². The number of carboxylic acids is 1. The summed E-state index contributed by atoms with van der Waals surface area (Å²) in [6.45, 7) is 4.87. The van der Waals surface area contributed by atoms with Gasteiger partial charge >= 0.3 is 5.97 Å². The van der Waals surface area contributed by atoms with E-state index in [1.54, 1.807) is 6.07 Å². The number of ether oxygens (including phenoxy) is 1. The van der Waals surface area contributed by atoms with E-state index < -0.39 is 5.97 Å². The monoisotopic (exact) mass is 272 g/mol. The van der Waals surface area contributed by atoms with E-state index in [2.05, 4.69) is 9.88 Å². The zero-order valence-electron chi connectivity index (χ0n) is 11.3. The Bertz CT molecular complexity index is 663. The molecule has 0 radical (unpaired) electrons. The summed E-state index contributed by atoms with van der Waals surface area (Å²) in [5, 5.41) is 10.0. The second-order valence-corrected chi connectivity index (χ2v) is 4.92. The Morgan fingerprint density at radius 2 is 2.05 bits per heavy atom. The molecule has 0 bridgehead atoms. The second kappa shape index (κ2) is 5.09. The molecule has 0 aliphatic carbocycles. The highest BCUT2D eigenvalue weighted by Gasteiger charge is 2.15. The van der Waals surface area contributed by atoms with Crippen LogP contribution in [0.25, 0.3) is 10.9 Å². The number of aromatic nitrogens is 1. The molecule has 104 valence electrons. The molecule has 0 spiro atoms. The van der Waals surface area contributed by atoms with Crippen molar-refractivity contribution in [1.29, 1.82) is 0 Å². The lowest BCUT2D eigenvalue weighted by molar-refractivity contribution is 0.0699. The van der Waals surface area contributed by atoms with Gasteiger partial charge in [-0.05, 0) is 31.2 Å². The first-order chi connectivity index (χ1) is 9.65. The Labute approximate surface area is 116 Å². The zero-order chi connectivity index (χ0) is 14.1. The number of pyridine rings is 1. The Morgan fingerprint density at radius 1 is 1.30 bits per heavy atom. The van der Waals surface area contributed by atoms with Gasteiger partial charge in [-0.3, -0.25) is 4.98 Å². The number of anilines is 1. The quantitative estimate of drug-likeness (QED) is 0.906. The molecule has 1 fully saturated rings. The third-order valence-electron chi connectivity index (χ3n) is 3.53. The highest BCUT2D eigenvalue weighted by molar-refractivity contribution is 6.03. The predicted octanol–water partition coefficient (Wildman–Crippen LogP) is 2.08. The van der Waals surface area contributed by atoms with Gasteiger partial charge in [0.15, 0.2) is 0 Å². The molecule has 0 unspecified atom stereocenters. The summed E-state index contributed by atoms with van der Waals surface area (Å²) in [4.78, 5) is 18.0. The summed E-state index contributed by atoms with van der Waals surface area (Å²) in [6, 6.07) is 7.41. The first kappa shape index (κ1) is 12.9. The molecular weight excluding hydrogens is 256 g/mol. The Morgan fingerprint density at radius 3 is 2.75 bits per heavy atom. The van der Waals surface area contributed by atoms with E-state index in [9.17, 15) is 9.90 Å². The van der Waals surface area contributed by atoms with Gasteiger partial charge in [0.2, 0.25) is 0 Å². The van der Waals surface area contributed by atoms with E-state index >= 15 is 0 Å². The van der Waals surface area contributed by atoms with Crippen LogP contribution in [0.1, 0.15) is 16.1 Å². The molecule has 5 nitrogen and oxygen atoms in total. The van der Waals surface area contributed by atoms with Gasteiger partial charge in [-0.15, -0.1) is 0 Å². The largest absolute Gasteiger partial charge is 0.478 e. The number of nitrogens with zero attached hydrogens (tertiary/aromatic N) is 2. The molecule has 0 saturated carbocycles. The van der Waals surface area contributed by atoms with Gasteiger partial charge in [-0.2, -0.15) is 0 Å². The Hall–Kier alpha value is -2.14. The minimum atomic E-state index is -0.917. The molecule has 1 saturated heterocycles. The van der Waals surface area contributed by atoms with E-state index in [4.69, 9.17) is 4.74 Å². The lowest BCUT2D eigenvalue weighted by Crippen LogP contribution is -2.36. The number of carboxylic acid groups (broad SMARTS) is 1. The highest BCUT2D eigenvalue weighted by atomic mass is 16.5.